The van der Waals surface area contributed by atoms with Gasteiger partial charge in [0.2, 0.25) is 0 Å². The number of ether oxygens (including phenoxy) is 1. The van der Waals surface area contributed by atoms with E-state index in [2.05, 4.69) is 0 Å². The summed E-state index contributed by atoms with van der Waals surface area (Å²) in [5.74, 6) is 0.0961. The van der Waals surface area contributed by atoms with Gasteiger partial charge in [0.25, 0.3) is 0 Å². The van der Waals surface area contributed by atoms with Crippen molar-refractivity contribution in [2.24, 2.45) is 11.7 Å². The Balaban J connectivity index is 1.96. The number of rotatable bonds is 2. The number of hydrogen-bond acceptors (Lipinski definition) is 2. The first-order valence-electron chi connectivity index (χ1n) is 4.31. The molecule has 64 valence electrons. The van der Waals surface area contributed by atoms with Crippen molar-refractivity contribution in [3.8, 4) is 0 Å². The highest BCUT2D eigenvalue weighted by Gasteiger charge is 2.44. The van der Waals surface area contributed by atoms with Crippen molar-refractivity contribution in [3.05, 3.63) is 0 Å². The molecule has 2 fully saturated rings. The van der Waals surface area contributed by atoms with E-state index in [1.807, 2.05) is 0 Å². The molecule has 2 rings (SSSR count). The predicted molar refractivity (Wildman–Crippen MR) is 40.0 cm³/mol. The molecule has 2 nitrogen and oxygen atoms in total. The van der Waals surface area contributed by atoms with Crippen molar-refractivity contribution in [1.82, 2.24) is 0 Å². The van der Waals surface area contributed by atoms with E-state index in [0.717, 1.165) is 19.3 Å². The molecule has 2 bridgehead atoms. The summed E-state index contributed by atoms with van der Waals surface area (Å²) in [5.41, 5.74) is 5.25. The molecule has 0 spiro atoms. The van der Waals surface area contributed by atoms with Gasteiger partial charge in [0.05, 0.1) is 12.2 Å². The van der Waals surface area contributed by atoms with Crippen LogP contribution in [0.2, 0.25) is 0 Å². The van der Waals surface area contributed by atoms with Gasteiger partial charge in [-0.3, -0.25) is 0 Å². The maximum absolute atomic E-state index is 13.1. The second-order valence-corrected chi connectivity index (χ2v) is 3.53. The molecular weight excluding hydrogens is 145 g/mol. The van der Waals surface area contributed by atoms with E-state index < -0.39 is 6.17 Å². The molecular formula is C8H14FNO. The monoisotopic (exact) mass is 159 g/mol. The lowest BCUT2D eigenvalue weighted by atomic mass is 9.86. The Morgan fingerprint density at radius 1 is 1.55 bits per heavy atom. The van der Waals surface area contributed by atoms with Crippen molar-refractivity contribution >= 4 is 0 Å². The highest BCUT2D eigenvalue weighted by atomic mass is 19.1. The van der Waals surface area contributed by atoms with Gasteiger partial charge in [-0.15, -0.1) is 0 Å². The van der Waals surface area contributed by atoms with Gasteiger partial charge < -0.3 is 10.5 Å². The lowest BCUT2D eigenvalue weighted by molar-refractivity contribution is 0.0753. The van der Waals surface area contributed by atoms with Crippen LogP contribution in [0.1, 0.15) is 19.3 Å². The topological polar surface area (TPSA) is 35.2 Å². The first-order chi connectivity index (χ1) is 5.31. The Hall–Kier alpha value is -0.150. The number of halogens is 1. The second-order valence-electron chi connectivity index (χ2n) is 3.53. The smallest absolute Gasteiger partial charge is 0.118 e. The van der Waals surface area contributed by atoms with Gasteiger partial charge in [0.1, 0.15) is 6.17 Å². The van der Waals surface area contributed by atoms with E-state index in [4.69, 9.17) is 10.5 Å². The molecule has 0 aromatic carbocycles. The molecule has 2 N–H and O–H groups in total. The maximum atomic E-state index is 13.1. The SMILES string of the molecule is NCC(F)C1CC2CCC1O2. The molecule has 0 aromatic rings. The van der Waals surface area contributed by atoms with Crippen LogP contribution < -0.4 is 5.73 Å². The van der Waals surface area contributed by atoms with Crippen LogP contribution in [-0.4, -0.2) is 24.9 Å². The van der Waals surface area contributed by atoms with E-state index in [1.165, 1.54) is 0 Å². The minimum atomic E-state index is -0.842. The average molecular weight is 159 g/mol. The van der Waals surface area contributed by atoms with Crippen molar-refractivity contribution < 1.29 is 9.13 Å². The number of hydrogen-bond donors (Lipinski definition) is 1. The van der Waals surface area contributed by atoms with Crippen LogP contribution >= 0.6 is 0 Å². The molecule has 3 heteroatoms. The van der Waals surface area contributed by atoms with Crippen LogP contribution in [0.3, 0.4) is 0 Å². The van der Waals surface area contributed by atoms with Gasteiger partial charge in [-0.05, 0) is 19.3 Å². The molecule has 2 aliphatic heterocycles. The standard InChI is InChI=1S/C8H14FNO/c9-7(4-10)6-3-5-1-2-8(6)11-5/h5-8H,1-4,10H2. The van der Waals surface area contributed by atoms with Crippen LogP contribution in [0.5, 0.6) is 0 Å². The molecule has 2 saturated heterocycles. The van der Waals surface area contributed by atoms with Crippen molar-refractivity contribution in [3.63, 3.8) is 0 Å². The second kappa shape index (κ2) is 2.72. The lowest BCUT2D eigenvalue weighted by Gasteiger charge is -2.20. The zero-order chi connectivity index (χ0) is 7.84. The Kier molecular flexibility index (Phi) is 1.85. The van der Waals surface area contributed by atoms with Gasteiger partial charge in [-0.25, -0.2) is 4.39 Å². The fraction of sp³-hybridized carbons (Fsp3) is 1.00. The van der Waals surface area contributed by atoms with Gasteiger partial charge in [0.15, 0.2) is 0 Å². The van der Waals surface area contributed by atoms with E-state index in [9.17, 15) is 4.39 Å². The quantitative estimate of drug-likeness (QED) is 0.648. The Labute approximate surface area is 65.9 Å². The van der Waals surface area contributed by atoms with E-state index in [-0.39, 0.29) is 18.6 Å². The normalized spacial score (nSPS) is 44.7. The summed E-state index contributed by atoms with van der Waals surface area (Å²) >= 11 is 0. The minimum Gasteiger partial charge on any atom is -0.375 e. The molecule has 0 radical (unpaired) electrons. The largest absolute Gasteiger partial charge is 0.375 e. The van der Waals surface area contributed by atoms with Crippen LogP contribution in [0.15, 0.2) is 0 Å². The van der Waals surface area contributed by atoms with Crippen LogP contribution in [0.4, 0.5) is 4.39 Å². The summed E-state index contributed by atoms with van der Waals surface area (Å²) in [7, 11) is 0. The highest BCUT2D eigenvalue weighted by molar-refractivity contribution is 4.92. The van der Waals surface area contributed by atoms with E-state index >= 15 is 0 Å². The highest BCUT2D eigenvalue weighted by Crippen LogP contribution is 2.40. The summed E-state index contributed by atoms with van der Waals surface area (Å²) in [6.07, 6.45) is 2.73. The third kappa shape index (κ3) is 1.16. The minimum absolute atomic E-state index is 0.0961. The molecule has 0 aromatic heterocycles. The lowest BCUT2D eigenvalue weighted by Crippen LogP contribution is -2.31. The molecule has 11 heavy (non-hydrogen) atoms. The molecule has 0 saturated carbocycles. The molecule has 2 heterocycles. The van der Waals surface area contributed by atoms with Crippen molar-refractivity contribution in [1.29, 1.82) is 0 Å². The number of alkyl halides is 1. The van der Waals surface area contributed by atoms with Crippen LogP contribution in [0.25, 0.3) is 0 Å². The Morgan fingerprint density at radius 2 is 2.36 bits per heavy atom. The third-order valence-corrected chi connectivity index (χ3v) is 2.84. The summed E-state index contributed by atoms with van der Waals surface area (Å²) in [5, 5.41) is 0. The summed E-state index contributed by atoms with van der Waals surface area (Å²) in [4.78, 5) is 0. The van der Waals surface area contributed by atoms with E-state index in [0.29, 0.717) is 6.10 Å². The zero-order valence-electron chi connectivity index (χ0n) is 6.50. The molecule has 4 atom stereocenters. The van der Waals surface area contributed by atoms with Gasteiger partial charge in [0, 0.05) is 12.5 Å². The fourth-order valence-electron chi connectivity index (χ4n) is 2.23. The van der Waals surface area contributed by atoms with Gasteiger partial charge >= 0.3 is 0 Å². The summed E-state index contributed by atoms with van der Waals surface area (Å²) < 4.78 is 18.6. The molecule has 0 amide bonds. The summed E-state index contributed by atoms with van der Waals surface area (Å²) in [6, 6.07) is 0. The first kappa shape index (κ1) is 7.50. The Bertz CT molecular complexity index is 153. The number of nitrogens with two attached hydrogens (primary N) is 1. The van der Waals surface area contributed by atoms with Gasteiger partial charge in [-0.1, -0.05) is 0 Å². The molecule has 0 aliphatic carbocycles. The van der Waals surface area contributed by atoms with Gasteiger partial charge in [-0.2, -0.15) is 0 Å². The summed E-state index contributed by atoms with van der Waals surface area (Å²) in [6.45, 7) is 0.150. The van der Waals surface area contributed by atoms with E-state index in [1.54, 1.807) is 0 Å². The zero-order valence-corrected chi connectivity index (χ0v) is 6.50. The van der Waals surface area contributed by atoms with Crippen LogP contribution in [0, 0.1) is 5.92 Å². The predicted octanol–water partition coefficient (Wildman–Crippen LogP) is 0.851. The molecule has 4 unspecified atom stereocenters. The average Bonchev–Trinajstić information content (AvgIpc) is 2.62. The fourth-order valence-corrected chi connectivity index (χ4v) is 2.23. The van der Waals surface area contributed by atoms with Crippen molar-refractivity contribution in [2.75, 3.05) is 6.54 Å². The van der Waals surface area contributed by atoms with Crippen LogP contribution in [-0.2, 0) is 4.74 Å². The number of fused-ring (bicyclic) bond motifs is 2. The first-order valence-corrected chi connectivity index (χ1v) is 4.31. The maximum Gasteiger partial charge on any atom is 0.118 e. The molecule has 2 aliphatic rings. The third-order valence-electron chi connectivity index (χ3n) is 2.84. The van der Waals surface area contributed by atoms with Crippen molar-refractivity contribution in [2.45, 2.75) is 37.6 Å². The Morgan fingerprint density at radius 3 is 2.82 bits per heavy atom.